The Morgan fingerprint density at radius 3 is 2.31 bits per heavy atom. The Hall–Kier alpha value is 1.18. The molecule has 0 N–H and O–H groups in total. The molecule has 1 aliphatic carbocycles. The predicted molar refractivity (Wildman–Crippen MR) is 69.9 cm³/mol. The summed E-state index contributed by atoms with van der Waals surface area (Å²) in [6.07, 6.45) is 9.25. The van der Waals surface area contributed by atoms with Gasteiger partial charge in [-0.05, 0) is 19.3 Å². The van der Waals surface area contributed by atoms with Crippen LogP contribution in [0.3, 0.4) is 0 Å². The zero-order chi connectivity index (χ0) is 9.68. The smallest absolute Gasteiger partial charge is 0.0469 e. The third-order valence-electron chi connectivity index (χ3n) is 2.39. The lowest BCUT2D eigenvalue weighted by Gasteiger charge is -2.13. The molecular weight excluding hydrogens is 360 g/mol. The highest BCUT2D eigenvalue weighted by Gasteiger charge is 2.12. The molecule has 1 atom stereocenters. The van der Waals surface area contributed by atoms with Crippen molar-refractivity contribution < 1.29 is 0 Å². The Morgan fingerprint density at radius 2 is 1.54 bits per heavy atom. The lowest BCUT2D eigenvalue weighted by atomic mass is 10.1. The van der Waals surface area contributed by atoms with Crippen molar-refractivity contribution in [1.82, 2.24) is 0 Å². The van der Waals surface area contributed by atoms with Crippen LogP contribution in [0.5, 0.6) is 0 Å². The van der Waals surface area contributed by atoms with Gasteiger partial charge in [0.15, 0.2) is 0 Å². The molecule has 0 aliphatic heterocycles. The predicted octanol–water partition coefficient (Wildman–Crippen LogP) is 5.50. The summed E-state index contributed by atoms with van der Waals surface area (Å²) in [4.78, 5) is 0.514. The molecule has 3 heteroatoms. The molecule has 0 amide bonds. The van der Waals surface area contributed by atoms with E-state index in [4.69, 9.17) is 0 Å². The van der Waals surface area contributed by atoms with Gasteiger partial charge >= 0.3 is 0 Å². The topological polar surface area (TPSA) is 0 Å². The number of hydrogen-bond donors (Lipinski definition) is 0. The maximum Gasteiger partial charge on any atom is 0.0469 e. The zero-order valence-electron chi connectivity index (χ0n) is 7.66. The molecule has 0 saturated heterocycles. The summed E-state index contributed by atoms with van der Waals surface area (Å²) in [5.74, 6) is 0. The second-order valence-corrected chi connectivity index (χ2v) is 6.44. The summed E-state index contributed by atoms with van der Waals surface area (Å²) in [6, 6.07) is 0. The first-order chi connectivity index (χ1) is 6.22. The summed E-state index contributed by atoms with van der Waals surface area (Å²) in [5, 5.41) is 0. The third-order valence-corrected chi connectivity index (χ3v) is 6.31. The van der Waals surface area contributed by atoms with Crippen molar-refractivity contribution in [3.8, 4) is 0 Å². The molecule has 76 valence electrons. The third kappa shape index (κ3) is 4.48. The second kappa shape index (κ2) is 6.62. The number of hydrogen-bond acceptors (Lipinski definition) is 0. The Morgan fingerprint density at radius 1 is 0.923 bits per heavy atom. The molecule has 0 spiro atoms. The minimum Gasteiger partial charge on any atom is -0.0833 e. The van der Waals surface area contributed by atoms with E-state index in [1.165, 1.54) is 53.9 Å². The van der Waals surface area contributed by atoms with Crippen LogP contribution in [0.25, 0.3) is 0 Å². The molecular formula is C10H15Br3. The quantitative estimate of drug-likeness (QED) is 0.491. The Kier molecular flexibility index (Phi) is 6.24. The molecule has 0 aromatic carbocycles. The van der Waals surface area contributed by atoms with E-state index in [9.17, 15) is 0 Å². The zero-order valence-corrected chi connectivity index (χ0v) is 12.4. The summed E-state index contributed by atoms with van der Waals surface area (Å²) in [6.45, 7) is 0. The number of rotatable bonds is 0. The largest absolute Gasteiger partial charge is 0.0833 e. The SMILES string of the molecule is Br/C1=C(/Br)C(Br)CCCCCCC1. The minimum absolute atomic E-state index is 0.514. The van der Waals surface area contributed by atoms with Gasteiger partial charge in [-0.1, -0.05) is 73.5 Å². The molecule has 0 nitrogen and oxygen atoms in total. The number of allylic oxidation sites excluding steroid dienone is 2. The van der Waals surface area contributed by atoms with Crippen LogP contribution >= 0.6 is 47.8 Å². The van der Waals surface area contributed by atoms with E-state index in [2.05, 4.69) is 47.8 Å². The highest BCUT2D eigenvalue weighted by Crippen LogP contribution is 2.33. The van der Waals surface area contributed by atoms with E-state index in [1.54, 1.807) is 0 Å². The summed E-state index contributed by atoms with van der Waals surface area (Å²) in [5.41, 5.74) is 0. The molecule has 1 rings (SSSR count). The first kappa shape index (κ1) is 12.3. The molecule has 0 fully saturated rings. The molecule has 0 aromatic rings. The maximum atomic E-state index is 3.70. The highest BCUT2D eigenvalue weighted by molar-refractivity contribution is 9.15. The fourth-order valence-electron chi connectivity index (χ4n) is 1.55. The van der Waals surface area contributed by atoms with E-state index in [0.29, 0.717) is 4.83 Å². The van der Waals surface area contributed by atoms with Gasteiger partial charge < -0.3 is 0 Å². The van der Waals surface area contributed by atoms with Gasteiger partial charge in [-0.3, -0.25) is 0 Å². The fourth-order valence-corrected chi connectivity index (χ4v) is 3.44. The van der Waals surface area contributed by atoms with E-state index < -0.39 is 0 Å². The van der Waals surface area contributed by atoms with Crippen LogP contribution in [0, 0.1) is 0 Å². The minimum atomic E-state index is 0.514. The molecule has 0 radical (unpaired) electrons. The second-order valence-electron chi connectivity index (χ2n) is 3.53. The van der Waals surface area contributed by atoms with Crippen LogP contribution in [0.2, 0.25) is 0 Å². The van der Waals surface area contributed by atoms with Crippen molar-refractivity contribution in [3.05, 3.63) is 8.96 Å². The Balaban J connectivity index is 2.58. The van der Waals surface area contributed by atoms with Gasteiger partial charge in [0.05, 0.1) is 0 Å². The van der Waals surface area contributed by atoms with Crippen molar-refractivity contribution in [1.29, 1.82) is 0 Å². The highest BCUT2D eigenvalue weighted by atomic mass is 79.9. The van der Waals surface area contributed by atoms with Gasteiger partial charge in [-0.2, -0.15) is 0 Å². The molecule has 1 aliphatic rings. The average Bonchev–Trinajstić information content (AvgIpc) is 2.13. The fraction of sp³-hybridized carbons (Fsp3) is 0.800. The lowest BCUT2D eigenvalue weighted by molar-refractivity contribution is 0.595. The van der Waals surface area contributed by atoms with Gasteiger partial charge in [0.1, 0.15) is 0 Å². The van der Waals surface area contributed by atoms with E-state index >= 15 is 0 Å². The van der Waals surface area contributed by atoms with Crippen LogP contribution in [0.4, 0.5) is 0 Å². The molecule has 0 heterocycles. The average molecular weight is 375 g/mol. The lowest BCUT2D eigenvalue weighted by Crippen LogP contribution is -2.00. The van der Waals surface area contributed by atoms with Crippen LogP contribution in [-0.4, -0.2) is 4.83 Å². The van der Waals surface area contributed by atoms with Crippen molar-refractivity contribution >= 4 is 47.8 Å². The Bertz CT molecular complexity index is 187. The van der Waals surface area contributed by atoms with Crippen molar-refractivity contribution in [3.63, 3.8) is 0 Å². The molecule has 0 bridgehead atoms. The molecule has 1 unspecified atom stereocenters. The maximum absolute atomic E-state index is 3.70. The summed E-state index contributed by atoms with van der Waals surface area (Å²) < 4.78 is 2.66. The number of halogens is 3. The van der Waals surface area contributed by atoms with Crippen LogP contribution in [-0.2, 0) is 0 Å². The van der Waals surface area contributed by atoms with Crippen molar-refractivity contribution in [2.45, 2.75) is 49.8 Å². The van der Waals surface area contributed by atoms with Crippen molar-refractivity contribution in [2.24, 2.45) is 0 Å². The monoisotopic (exact) mass is 372 g/mol. The van der Waals surface area contributed by atoms with Crippen LogP contribution in [0.1, 0.15) is 44.9 Å². The molecule has 0 aromatic heterocycles. The molecule has 13 heavy (non-hydrogen) atoms. The standard InChI is InChI=1S/C10H15Br3/c11-8-6-4-2-1-3-5-7-9(12)10(8)13/h8H,1-7H2/b10-9+. The van der Waals surface area contributed by atoms with Gasteiger partial charge in [-0.15, -0.1) is 0 Å². The summed E-state index contributed by atoms with van der Waals surface area (Å²) in [7, 11) is 0. The van der Waals surface area contributed by atoms with E-state index in [-0.39, 0.29) is 0 Å². The van der Waals surface area contributed by atoms with Crippen LogP contribution in [0.15, 0.2) is 8.96 Å². The normalized spacial score (nSPS) is 33.0. The Labute approximate surface area is 106 Å². The first-order valence-electron chi connectivity index (χ1n) is 4.90. The van der Waals surface area contributed by atoms with Gasteiger partial charge in [0, 0.05) is 13.8 Å². The first-order valence-corrected chi connectivity index (χ1v) is 7.40. The van der Waals surface area contributed by atoms with Crippen molar-refractivity contribution in [2.75, 3.05) is 0 Å². The number of alkyl halides is 1. The van der Waals surface area contributed by atoms with E-state index in [1.807, 2.05) is 0 Å². The van der Waals surface area contributed by atoms with Crippen LogP contribution < -0.4 is 0 Å². The van der Waals surface area contributed by atoms with Gasteiger partial charge in [0.25, 0.3) is 0 Å². The molecule has 0 saturated carbocycles. The van der Waals surface area contributed by atoms with E-state index in [0.717, 1.165) is 0 Å². The van der Waals surface area contributed by atoms with Gasteiger partial charge in [-0.25, -0.2) is 0 Å². The summed E-state index contributed by atoms with van der Waals surface area (Å²) >= 11 is 11.0. The van der Waals surface area contributed by atoms with Gasteiger partial charge in [0.2, 0.25) is 0 Å².